The van der Waals surface area contributed by atoms with Crippen LogP contribution in [0.1, 0.15) is 39.0 Å². The molecule has 1 aliphatic rings. The Morgan fingerprint density at radius 1 is 1.08 bits per heavy atom. The van der Waals surface area contributed by atoms with Crippen molar-refractivity contribution in [2.24, 2.45) is 17.8 Å². The van der Waals surface area contributed by atoms with Gasteiger partial charge in [-0.1, -0.05) is 26.2 Å². The Bertz CT molecular complexity index is 124. The molecule has 0 unspecified atom stereocenters. The molecule has 1 aliphatic carbocycles. The maximum atomic E-state index is 9.04. The Hall–Kier alpha value is -0.0800. The highest BCUT2D eigenvalue weighted by atomic mass is 16.3. The molecule has 0 aliphatic heterocycles. The third kappa shape index (κ3) is 2.96. The van der Waals surface area contributed by atoms with E-state index in [1.54, 1.807) is 0 Å². The van der Waals surface area contributed by atoms with Crippen molar-refractivity contribution in [3.63, 3.8) is 0 Å². The molecule has 0 radical (unpaired) electrons. The van der Waals surface area contributed by atoms with Gasteiger partial charge in [0.25, 0.3) is 0 Å². The van der Waals surface area contributed by atoms with Crippen LogP contribution in [-0.4, -0.2) is 23.4 Å². The highest BCUT2D eigenvalue weighted by Crippen LogP contribution is 2.34. The van der Waals surface area contributed by atoms with Crippen molar-refractivity contribution in [3.8, 4) is 0 Å². The van der Waals surface area contributed by atoms with E-state index in [0.717, 1.165) is 5.92 Å². The van der Waals surface area contributed by atoms with Crippen molar-refractivity contribution < 1.29 is 10.2 Å². The van der Waals surface area contributed by atoms with Gasteiger partial charge in [0.2, 0.25) is 0 Å². The second kappa shape index (κ2) is 5.61. The third-order valence-electron chi connectivity index (χ3n) is 3.60. The molecule has 0 bridgehead atoms. The Morgan fingerprint density at radius 2 is 1.62 bits per heavy atom. The SMILES string of the molecule is CC[C@H]1CC[C@H](C(CO)CO)CC1. The predicted octanol–water partition coefficient (Wildman–Crippen LogP) is 1.80. The summed E-state index contributed by atoms with van der Waals surface area (Å²) in [6, 6.07) is 0. The minimum Gasteiger partial charge on any atom is -0.396 e. The number of aliphatic hydroxyl groups excluding tert-OH is 2. The molecule has 0 aromatic rings. The second-order valence-electron chi connectivity index (χ2n) is 4.31. The molecule has 13 heavy (non-hydrogen) atoms. The summed E-state index contributed by atoms with van der Waals surface area (Å²) in [6.07, 6.45) is 6.26. The molecule has 78 valence electrons. The monoisotopic (exact) mass is 186 g/mol. The zero-order valence-corrected chi connectivity index (χ0v) is 8.58. The van der Waals surface area contributed by atoms with Crippen LogP contribution in [0.25, 0.3) is 0 Å². The fraction of sp³-hybridized carbons (Fsp3) is 1.00. The van der Waals surface area contributed by atoms with Gasteiger partial charge in [-0.15, -0.1) is 0 Å². The summed E-state index contributed by atoms with van der Waals surface area (Å²) in [5.74, 6) is 1.60. The fourth-order valence-electron chi connectivity index (χ4n) is 2.42. The largest absolute Gasteiger partial charge is 0.396 e. The van der Waals surface area contributed by atoms with Crippen LogP contribution >= 0.6 is 0 Å². The van der Waals surface area contributed by atoms with Gasteiger partial charge in [-0.05, 0) is 24.7 Å². The van der Waals surface area contributed by atoms with Crippen LogP contribution in [0.5, 0.6) is 0 Å². The van der Waals surface area contributed by atoms with E-state index in [0.29, 0.717) is 5.92 Å². The van der Waals surface area contributed by atoms with Gasteiger partial charge in [0, 0.05) is 19.1 Å². The average Bonchev–Trinajstić information content (AvgIpc) is 2.21. The van der Waals surface area contributed by atoms with Crippen molar-refractivity contribution in [1.82, 2.24) is 0 Å². The van der Waals surface area contributed by atoms with Gasteiger partial charge in [0.05, 0.1) is 0 Å². The van der Waals surface area contributed by atoms with Crippen LogP contribution in [-0.2, 0) is 0 Å². The maximum Gasteiger partial charge on any atom is 0.0483 e. The first-order valence-electron chi connectivity index (χ1n) is 5.53. The molecule has 0 atom stereocenters. The first-order valence-corrected chi connectivity index (χ1v) is 5.53. The lowest BCUT2D eigenvalue weighted by atomic mass is 9.75. The fourth-order valence-corrected chi connectivity index (χ4v) is 2.42. The summed E-state index contributed by atoms with van der Waals surface area (Å²) in [7, 11) is 0. The summed E-state index contributed by atoms with van der Waals surface area (Å²) in [4.78, 5) is 0. The summed E-state index contributed by atoms with van der Waals surface area (Å²) < 4.78 is 0. The quantitative estimate of drug-likeness (QED) is 0.703. The van der Waals surface area contributed by atoms with E-state index >= 15 is 0 Å². The van der Waals surface area contributed by atoms with E-state index < -0.39 is 0 Å². The van der Waals surface area contributed by atoms with Crippen molar-refractivity contribution in [1.29, 1.82) is 0 Å². The minimum absolute atomic E-state index is 0.137. The lowest BCUT2D eigenvalue weighted by Crippen LogP contribution is -2.26. The van der Waals surface area contributed by atoms with Gasteiger partial charge in [0.15, 0.2) is 0 Å². The van der Waals surface area contributed by atoms with E-state index in [9.17, 15) is 0 Å². The molecule has 0 aromatic heterocycles. The van der Waals surface area contributed by atoms with Gasteiger partial charge in [0.1, 0.15) is 0 Å². The molecule has 0 aromatic carbocycles. The van der Waals surface area contributed by atoms with Crippen LogP contribution in [0.4, 0.5) is 0 Å². The lowest BCUT2D eigenvalue weighted by Gasteiger charge is -2.31. The van der Waals surface area contributed by atoms with Crippen LogP contribution in [0, 0.1) is 17.8 Å². The van der Waals surface area contributed by atoms with E-state index in [4.69, 9.17) is 10.2 Å². The smallest absolute Gasteiger partial charge is 0.0483 e. The molecule has 2 heteroatoms. The number of aliphatic hydroxyl groups is 2. The number of hydrogen-bond acceptors (Lipinski definition) is 2. The number of rotatable bonds is 4. The molecule has 1 fully saturated rings. The van der Waals surface area contributed by atoms with Crippen molar-refractivity contribution >= 4 is 0 Å². The van der Waals surface area contributed by atoms with E-state index in [1.807, 2.05) is 0 Å². The van der Waals surface area contributed by atoms with Gasteiger partial charge in [-0.25, -0.2) is 0 Å². The normalized spacial score (nSPS) is 29.5. The highest BCUT2D eigenvalue weighted by molar-refractivity contribution is 4.76. The van der Waals surface area contributed by atoms with Crippen LogP contribution in [0.2, 0.25) is 0 Å². The van der Waals surface area contributed by atoms with Gasteiger partial charge in [-0.2, -0.15) is 0 Å². The van der Waals surface area contributed by atoms with E-state index in [1.165, 1.54) is 32.1 Å². The Kier molecular flexibility index (Phi) is 4.74. The highest BCUT2D eigenvalue weighted by Gasteiger charge is 2.25. The van der Waals surface area contributed by atoms with Gasteiger partial charge < -0.3 is 10.2 Å². The molecule has 0 heterocycles. The minimum atomic E-state index is 0.137. The van der Waals surface area contributed by atoms with Gasteiger partial charge >= 0.3 is 0 Å². The molecular formula is C11H22O2. The summed E-state index contributed by atoms with van der Waals surface area (Å²) >= 11 is 0. The predicted molar refractivity (Wildman–Crippen MR) is 53.4 cm³/mol. The van der Waals surface area contributed by atoms with Crippen LogP contribution < -0.4 is 0 Å². The van der Waals surface area contributed by atoms with Crippen LogP contribution in [0.3, 0.4) is 0 Å². The van der Waals surface area contributed by atoms with Crippen molar-refractivity contribution in [2.75, 3.05) is 13.2 Å². The second-order valence-corrected chi connectivity index (χ2v) is 4.31. The van der Waals surface area contributed by atoms with Crippen LogP contribution in [0.15, 0.2) is 0 Å². The third-order valence-corrected chi connectivity index (χ3v) is 3.60. The first-order chi connectivity index (χ1) is 6.31. The molecule has 2 nitrogen and oxygen atoms in total. The molecule has 0 amide bonds. The molecule has 2 N–H and O–H groups in total. The van der Waals surface area contributed by atoms with E-state index in [2.05, 4.69) is 6.92 Å². The zero-order chi connectivity index (χ0) is 9.68. The Balaban J connectivity index is 2.30. The maximum absolute atomic E-state index is 9.04. The van der Waals surface area contributed by atoms with Crippen molar-refractivity contribution in [2.45, 2.75) is 39.0 Å². The summed E-state index contributed by atoms with van der Waals surface area (Å²) in [5.41, 5.74) is 0. The Morgan fingerprint density at radius 3 is 2.00 bits per heavy atom. The molecular weight excluding hydrogens is 164 g/mol. The Labute approximate surface area is 81.0 Å². The summed E-state index contributed by atoms with van der Waals surface area (Å²) in [6.45, 7) is 2.55. The summed E-state index contributed by atoms with van der Waals surface area (Å²) in [5, 5.41) is 18.1. The van der Waals surface area contributed by atoms with Gasteiger partial charge in [-0.3, -0.25) is 0 Å². The topological polar surface area (TPSA) is 40.5 Å². The molecule has 1 rings (SSSR count). The standard InChI is InChI=1S/C11H22O2/c1-2-9-3-5-10(6-4-9)11(7-12)8-13/h9-13H,2-8H2,1H3/t9-,10-. The first kappa shape index (κ1) is 11.0. The molecule has 0 saturated heterocycles. The number of hydrogen-bond donors (Lipinski definition) is 2. The van der Waals surface area contributed by atoms with E-state index in [-0.39, 0.29) is 19.1 Å². The average molecular weight is 186 g/mol. The van der Waals surface area contributed by atoms with Crippen molar-refractivity contribution in [3.05, 3.63) is 0 Å². The molecule has 0 spiro atoms. The zero-order valence-electron chi connectivity index (χ0n) is 8.58. The lowest BCUT2D eigenvalue weighted by molar-refractivity contribution is 0.0790. The molecule has 1 saturated carbocycles.